The molecular weight excluding hydrogens is 448 g/mol. The molecular formula is C26H24N4O3S. The average Bonchev–Trinajstić information content (AvgIpc) is 3.58. The topological polar surface area (TPSA) is 97.1 Å². The quantitative estimate of drug-likeness (QED) is 0.386. The van der Waals surface area contributed by atoms with Gasteiger partial charge in [-0.3, -0.25) is 19.3 Å². The summed E-state index contributed by atoms with van der Waals surface area (Å²) < 4.78 is 1.81. The number of carboxylic acids is 1. The summed E-state index contributed by atoms with van der Waals surface area (Å²) in [6.45, 7) is 0.301. The van der Waals surface area contributed by atoms with Gasteiger partial charge < -0.3 is 10.4 Å². The minimum Gasteiger partial charge on any atom is -0.481 e. The van der Waals surface area contributed by atoms with E-state index >= 15 is 0 Å². The third kappa shape index (κ3) is 4.41. The minimum atomic E-state index is -0.854. The largest absolute Gasteiger partial charge is 0.481 e. The molecule has 0 aliphatic heterocycles. The molecule has 8 heteroatoms. The van der Waals surface area contributed by atoms with Crippen molar-refractivity contribution in [1.82, 2.24) is 20.1 Å². The van der Waals surface area contributed by atoms with Crippen molar-refractivity contribution in [2.75, 3.05) is 7.05 Å². The van der Waals surface area contributed by atoms with E-state index in [9.17, 15) is 14.7 Å². The first kappa shape index (κ1) is 22.2. The highest BCUT2D eigenvalue weighted by Crippen LogP contribution is 2.55. The van der Waals surface area contributed by atoms with Crippen LogP contribution in [-0.2, 0) is 11.3 Å². The fourth-order valence-electron chi connectivity index (χ4n) is 4.31. The zero-order valence-corrected chi connectivity index (χ0v) is 19.5. The van der Waals surface area contributed by atoms with Gasteiger partial charge in [0.1, 0.15) is 0 Å². The molecule has 4 aromatic rings. The number of hydrogen-bond donors (Lipinski definition) is 2. The Morgan fingerprint density at radius 2 is 1.94 bits per heavy atom. The van der Waals surface area contributed by atoms with E-state index in [2.05, 4.69) is 16.4 Å². The molecule has 1 aliphatic rings. The van der Waals surface area contributed by atoms with Gasteiger partial charge in [-0.1, -0.05) is 30.0 Å². The zero-order valence-electron chi connectivity index (χ0n) is 18.6. The van der Waals surface area contributed by atoms with Gasteiger partial charge in [0.05, 0.1) is 29.7 Å². The number of carbonyl (C=O) groups is 2. The third-order valence-electron chi connectivity index (χ3n) is 6.09. The highest BCUT2D eigenvalue weighted by Gasteiger charge is 2.43. The van der Waals surface area contributed by atoms with Crippen molar-refractivity contribution in [3.8, 4) is 0 Å². The van der Waals surface area contributed by atoms with Gasteiger partial charge in [-0.15, -0.1) is 0 Å². The molecule has 1 aliphatic carbocycles. The van der Waals surface area contributed by atoms with Gasteiger partial charge in [0.2, 0.25) is 0 Å². The van der Waals surface area contributed by atoms with Crippen LogP contribution in [0, 0.1) is 0 Å². The molecule has 1 saturated carbocycles. The molecule has 2 aromatic carbocycles. The first-order valence-electron chi connectivity index (χ1n) is 11.2. The van der Waals surface area contributed by atoms with Crippen LogP contribution in [-0.4, -0.2) is 38.8 Å². The van der Waals surface area contributed by atoms with Crippen LogP contribution in [0.5, 0.6) is 0 Å². The van der Waals surface area contributed by atoms with Crippen LogP contribution >= 0.6 is 11.8 Å². The number of fused-ring (bicyclic) bond motifs is 1. The lowest BCUT2D eigenvalue weighted by Gasteiger charge is -2.08. The summed E-state index contributed by atoms with van der Waals surface area (Å²) >= 11 is 1.51. The molecule has 1 amide bonds. The lowest BCUT2D eigenvalue weighted by atomic mass is 10.1. The van der Waals surface area contributed by atoms with Crippen LogP contribution in [0.25, 0.3) is 10.9 Å². The second-order valence-corrected chi connectivity index (χ2v) is 9.43. The average molecular weight is 473 g/mol. The number of aliphatic carboxylic acids is 1. The first-order valence-corrected chi connectivity index (χ1v) is 12.0. The summed E-state index contributed by atoms with van der Waals surface area (Å²) in [5.74, 6) is -0.378. The van der Waals surface area contributed by atoms with Gasteiger partial charge in [-0.25, -0.2) is 0 Å². The Kier molecular flexibility index (Phi) is 6.06. The van der Waals surface area contributed by atoms with E-state index < -0.39 is 5.97 Å². The van der Waals surface area contributed by atoms with Crippen LogP contribution in [0.3, 0.4) is 0 Å². The third-order valence-corrected chi connectivity index (χ3v) is 7.15. The lowest BCUT2D eigenvalue weighted by molar-refractivity contribution is -0.137. The molecule has 0 radical (unpaired) electrons. The second-order valence-electron chi connectivity index (χ2n) is 8.31. The van der Waals surface area contributed by atoms with E-state index in [-0.39, 0.29) is 18.2 Å². The number of carboxylic acid groups (broad SMARTS) is 1. The van der Waals surface area contributed by atoms with Crippen LogP contribution in [0.15, 0.2) is 76.7 Å². The monoisotopic (exact) mass is 472 g/mol. The summed E-state index contributed by atoms with van der Waals surface area (Å²) in [7, 11) is 1.62. The second kappa shape index (κ2) is 9.30. The number of nitrogens with zero attached hydrogens (tertiary/aromatic N) is 3. The van der Waals surface area contributed by atoms with Crippen LogP contribution in [0.4, 0.5) is 0 Å². The minimum absolute atomic E-state index is 0.00142. The molecule has 2 atom stereocenters. The molecule has 34 heavy (non-hydrogen) atoms. The molecule has 2 N–H and O–H groups in total. The molecule has 1 fully saturated rings. The number of rotatable bonds is 8. The molecule has 5 rings (SSSR count). The smallest absolute Gasteiger partial charge is 0.305 e. The highest BCUT2D eigenvalue weighted by molar-refractivity contribution is 7.99. The summed E-state index contributed by atoms with van der Waals surface area (Å²) in [6.07, 6.45) is 2.80. The van der Waals surface area contributed by atoms with Crippen molar-refractivity contribution < 1.29 is 14.7 Å². The SMILES string of the molecule is CNC(=O)c1ccccc1Sc1ccc2c(C3CC3c3ccccn3)nn(CCC(=O)O)c2c1. The Balaban J connectivity index is 1.49. The normalized spacial score (nSPS) is 17.0. The maximum absolute atomic E-state index is 12.3. The van der Waals surface area contributed by atoms with Crippen molar-refractivity contribution in [3.63, 3.8) is 0 Å². The molecule has 0 saturated heterocycles. The molecule has 172 valence electrons. The van der Waals surface area contributed by atoms with Gasteiger partial charge in [-0.2, -0.15) is 5.10 Å². The number of aromatic nitrogens is 3. The number of pyridine rings is 1. The Morgan fingerprint density at radius 3 is 2.71 bits per heavy atom. The number of carbonyl (C=O) groups excluding carboxylic acids is 1. The number of benzene rings is 2. The lowest BCUT2D eigenvalue weighted by Crippen LogP contribution is -2.18. The predicted molar refractivity (Wildman–Crippen MR) is 130 cm³/mol. The van der Waals surface area contributed by atoms with Crippen LogP contribution in [0.1, 0.15) is 46.4 Å². The molecule has 2 aromatic heterocycles. The fraction of sp³-hybridized carbons (Fsp3) is 0.231. The van der Waals surface area contributed by atoms with Crippen molar-refractivity contribution in [3.05, 3.63) is 83.8 Å². The van der Waals surface area contributed by atoms with Crippen molar-refractivity contribution in [2.24, 2.45) is 0 Å². The van der Waals surface area contributed by atoms with Gasteiger partial charge in [0.15, 0.2) is 0 Å². The first-order chi connectivity index (χ1) is 16.5. The van der Waals surface area contributed by atoms with E-state index in [0.29, 0.717) is 18.0 Å². The maximum atomic E-state index is 12.3. The predicted octanol–water partition coefficient (Wildman–Crippen LogP) is 4.69. The number of nitrogens with one attached hydrogen (secondary N) is 1. The van der Waals surface area contributed by atoms with Crippen molar-refractivity contribution in [1.29, 1.82) is 0 Å². The van der Waals surface area contributed by atoms with E-state index in [0.717, 1.165) is 38.5 Å². The van der Waals surface area contributed by atoms with Crippen LogP contribution in [0.2, 0.25) is 0 Å². The number of hydrogen-bond acceptors (Lipinski definition) is 5. The van der Waals surface area contributed by atoms with Crippen LogP contribution < -0.4 is 5.32 Å². The standard InChI is InChI=1S/C26H24N4O3S/c1-27-26(33)18-6-2-3-8-23(18)34-16-9-10-17-22(14-16)30(13-11-24(31)32)29-25(17)20-15-19(20)21-7-4-5-12-28-21/h2-10,12,14,19-20H,11,13,15H2,1H3,(H,27,33)(H,31,32). The molecule has 7 nitrogen and oxygen atoms in total. The summed E-state index contributed by atoms with van der Waals surface area (Å²) in [4.78, 5) is 29.8. The summed E-state index contributed by atoms with van der Waals surface area (Å²) in [6, 6.07) is 19.6. The molecule has 0 bridgehead atoms. The van der Waals surface area contributed by atoms with Gasteiger partial charge in [0.25, 0.3) is 5.91 Å². The van der Waals surface area contributed by atoms with E-state index in [1.54, 1.807) is 17.8 Å². The van der Waals surface area contributed by atoms with Gasteiger partial charge in [-0.05, 0) is 48.9 Å². The van der Waals surface area contributed by atoms with E-state index in [1.165, 1.54) is 11.8 Å². The maximum Gasteiger partial charge on any atom is 0.305 e. The highest BCUT2D eigenvalue weighted by atomic mass is 32.2. The van der Waals surface area contributed by atoms with Gasteiger partial charge in [0, 0.05) is 46.0 Å². The van der Waals surface area contributed by atoms with Crippen molar-refractivity contribution >= 4 is 34.5 Å². The summed E-state index contributed by atoms with van der Waals surface area (Å²) in [5, 5.41) is 17.8. The van der Waals surface area contributed by atoms with Crippen molar-refractivity contribution in [2.45, 2.75) is 41.0 Å². The summed E-state index contributed by atoms with van der Waals surface area (Å²) in [5.41, 5.74) is 3.59. The fourth-order valence-corrected chi connectivity index (χ4v) is 5.29. The number of amides is 1. The molecule has 2 heterocycles. The Labute approximate surface area is 201 Å². The number of aryl methyl sites for hydroxylation is 1. The zero-order chi connectivity index (χ0) is 23.7. The Morgan fingerprint density at radius 1 is 1.12 bits per heavy atom. The molecule has 2 unspecified atom stereocenters. The molecule has 0 spiro atoms. The van der Waals surface area contributed by atoms with E-state index in [1.807, 2.05) is 54.7 Å². The Hall–Kier alpha value is -3.65. The Bertz CT molecular complexity index is 1370. The van der Waals surface area contributed by atoms with Gasteiger partial charge >= 0.3 is 5.97 Å². The van der Waals surface area contributed by atoms with E-state index in [4.69, 9.17) is 5.10 Å².